The van der Waals surface area contributed by atoms with Crippen molar-refractivity contribution in [3.8, 4) is 0 Å². The summed E-state index contributed by atoms with van der Waals surface area (Å²) < 4.78 is 0. The van der Waals surface area contributed by atoms with Gasteiger partial charge in [-0.3, -0.25) is 0 Å². The van der Waals surface area contributed by atoms with Gasteiger partial charge in [0.15, 0.2) is 0 Å². The summed E-state index contributed by atoms with van der Waals surface area (Å²) >= 11 is 0. The summed E-state index contributed by atoms with van der Waals surface area (Å²) in [4.78, 5) is 0. The Bertz CT molecular complexity index is 175. The average molecular weight is 122 g/mol. The third kappa shape index (κ3) is 1.54. The van der Waals surface area contributed by atoms with Crippen LogP contribution in [0.5, 0.6) is 0 Å². The Labute approximate surface area is 55.0 Å². The molecule has 0 unspecified atom stereocenters. The minimum absolute atomic E-state index is 0.143. The largest absolute Gasteiger partial charge is 0.392 e. The maximum Gasteiger partial charge on any atom is 0.0678 e. The molecule has 9 heavy (non-hydrogen) atoms. The zero-order chi connectivity index (χ0) is 6.69. The van der Waals surface area contributed by atoms with Crippen molar-refractivity contribution in [3.05, 3.63) is 36.0 Å². The quantitative estimate of drug-likeness (QED) is 0.557. The maximum atomic E-state index is 8.63. The van der Waals surface area contributed by atoms with E-state index in [-0.39, 0.29) is 6.61 Å². The lowest BCUT2D eigenvalue weighted by Crippen LogP contribution is -1.90. The van der Waals surface area contributed by atoms with Gasteiger partial charge < -0.3 is 5.11 Å². The lowest BCUT2D eigenvalue weighted by Gasteiger charge is -2.03. The molecular weight excluding hydrogens is 112 g/mol. The van der Waals surface area contributed by atoms with E-state index < -0.39 is 0 Å². The van der Waals surface area contributed by atoms with E-state index in [0.29, 0.717) is 0 Å². The van der Waals surface area contributed by atoms with Crippen LogP contribution in [0, 0.1) is 0 Å². The lowest BCUT2D eigenvalue weighted by atomic mass is 10.0. The van der Waals surface area contributed by atoms with Crippen LogP contribution in [-0.4, -0.2) is 11.7 Å². The Morgan fingerprint density at radius 3 is 2.78 bits per heavy atom. The Hall–Kier alpha value is -0.820. The molecule has 0 saturated heterocycles. The van der Waals surface area contributed by atoms with E-state index in [2.05, 4.69) is 6.58 Å². The normalized spacial score (nSPS) is 17.9. The highest BCUT2D eigenvalue weighted by Gasteiger charge is 1.95. The van der Waals surface area contributed by atoms with E-state index in [1.165, 1.54) is 0 Å². The van der Waals surface area contributed by atoms with E-state index in [0.717, 1.165) is 17.6 Å². The molecule has 0 saturated carbocycles. The first kappa shape index (κ1) is 6.30. The van der Waals surface area contributed by atoms with Crippen LogP contribution in [0.25, 0.3) is 0 Å². The van der Waals surface area contributed by atoms with Gasteiger partial charge in [-0.05, 0) is 12.0 Å². The molecule has 0 aromatic rings. The molecule has 1 heteroatoms. The van der Waals surface area contributed by atoms with Gasteiger partial charge in [-0.2, -0.15) is 0 Å². The summed E-state index contributed by atoms with van der Waals surface area (Å²) in [5.41, 5.74) is 2.09. The van der Waals surface area contributed by atoms with Gasteiger partial charge >= 0.3 is 0 Å². The standard InChI is InChI=1S/C8H10O/c1-7-2-4-8(6-9)5-3-7/h2,4-5,9H,1,3,6H2. The predicted octanol–water partition coefficient (Wildman–Crippen LogP) is 1.42. The fraction of sp³-hybridized carbons (Fsp3) is 0.250. The van der Waals surface area contributed by atoms with E-state index >= 15 is 0 Å². The summed E-state index contributed by atoms with van der Waals surface area (Å²) in [5.74, 6) is 0. The Morgan fingerprint density at radius 1 is 1.56 bits per heavy atom. The van der Waals surface area contributed by atoms with Crippen molar-refractivity contribution in [1.29, 1.82) is 0 Å². The third-order valence-electron chi connectivity index (χ3n) is 1.34. The van der Waals surface area contributed by atoms with Crippen LogP contribution in [0.2, 0.25) is 0 Å². The number of hydrogen-bond donors (Lipinski definition) is 1. The number of aliphatic hydroxyl groups is 1. The van der Waals surface area contributed by atoms with Crippen LogP contribution in [0.1, 0.15) is 6.42 Å². The van der Waals surface area contributed by atoms with E-state index in [4.69, 9.17) is 5.11 Å². The number of hydrogen-bond acceptors (Lipinski definition) is 1. The first-order chi connectivity index (χ1) is 4.33. The zero-order valence-corrected chi connectivity index (χ0v) is 5.30. The van der Waals surface area contributed by atoms with Crippen LogP contribution in [0.15, 0.2) is 36.0 Å². The summed E-state index contributed by atoms with van der Waals surface area (Å²) in [5, 5.41) is 8.63. The topological polar surface area (TPSA) is 20.2 Å². The van der Waals surface area contributed by atoms with Crippen molar-refractivity contribution >= 4 is 0 Å². The van der Waals surface area contributed by atoms with Gasteiger partial charge in [-0.1, -0.05) is 30.4 Å². The minimum Gasteiger partial charge on any atom is -0.392 e. The third-order valence-corrected chi connectivity index (χ3v) is 1.34. The van der Waals surface area contributed by atoms with Crippen molar-refractivity contribution in [2.75, 3.05) is 6.61 Å². The molecule has 0 atom stereocenters. The van der Waals surface area contributed by atoms with Crippen molar-refractivity contribution in [1.82, 2.24) is 0 Å². The fourth-order valence-electron chi connectivity index (χ4n) is 0.740. The second kappa shape index (κ2) is 2.65. The first-order valence-corrected chi connectivity index (χ1v) is 2.98. The highest BCUT2D eigenvalue weighted by molar-refractivity contribution is 5.33. The molecule has 0 aromatic carbocycles. The van der Waals surface area contributed by atoms with Gasteiger partial charge in [0.25, 0.3) is 0 Å². The van der Waals surface area contributed by atoms with Gasteiger partial charge in [0, 0.05) is 0 Å². The molecule has 0 amide bonds. The molecule has 1 rings (SSSR count). The molecule has 0 spiro atoms. The zero-order valence-electron chi connectivity index (χ0n) is 5.30. The smallest absolute Gasteiger partial charge is 0.0678 e. The molecule has 0 bridgehead atoms. The molecule has 0 radical (unpaired) electrons. The summed E-state index contributed by atoms with van der Waals surface area (Å²) in [6, 6.07) is 0. The van der Waals surface area contributed by atoms with E-state index in [9.17, 15) is 0 Å². The molecule has 0 aromatic heterocycles. The summed E-state index contributed by atoms with van der Waals surface area (Å²) in [6.07, 6.45) is 6.70. The number of aliphatic hydroxyl groups excluding tert-OH is 1. The Kier molecular flexibility index (Phi) is 1.85. The number of allylic oxidation sites excluding steroid dienone is 3. The SMILES string of the molecule is C=C1C=CC(CO)=CC1. The monoisotopic (exact) mass is 122 g/mol. The predicted molar refractivity (Wildman–Crippen MR) is 38.1 cm³/mol. The molecule has 1 N–H and O–H groups in total. The van der Waals surface area contributed by atoms with Crippen molar-refractivity contribution in [2.24, 2.45) is 0 Å². The Balaban J connectivity index is 2.63. The highest BCUT2D eigenvalue weighted by atomic mass is 16.3. The van der Waals surface area contributed by atoms with Gasteiger partial charge in [0.1, 0.15) is 0 Å². The molecular formula is C8H10O. The second-order valence-corrected chi connectivity index (χ2v) is 2.13. The van der Waals surface area contributed by atoms with Crippen molar-refractivity contribution < 1.29 is 5.11 Å². The van der Waals surface area contributed by atoms with E-state index in [1.54, 1.807) is 0 Å². The van der Waals surface area contributed by atoms with Crippen LogP contribution in [0.4, 0.5) is 0 Å². The first-order valence-electron chi connectivity index (χ1n) is 2.98. The van der Waals surface area contributed by atoms with Gasteiger partial charge in [0.05, 0.1) is 6.61 Å². The van der Waals surface area contributed by atoms with Gasteiger partial charge in [-0.25, -0.2) is 0 Å². The molecule has 0 heterocycles. The van der Waals surface area contributed by atoms with Crippen molar-refractivity contribution in [3.63, 3.8) is 0 Å². The minimum atomic E-state index is 0.143. The highest BCUT2D eigenvalue weighted by Crippen LogP contribution is 2.12. The summed E-state index contributed by atoms with van der Waals surface area (Å²) in [7, 11) is 0. The van der Waals surface area contributed by atoms with Gasteiger partial charge in [0.2, 0.25) is 0 Å². The van der Waals surface area contributed by atoms with E-state index in [1.807, 2.05) is 18.2 Å². The summed E-state index contributed by atoms with van der Waals surface area (Å²) in [6.45, 7) is 3.91. The number of rotatable bonds is 1. The van der Waals surface area contributed by atoms with Crippen LogP contribution >= 0.6 is 0 Å². The molecule has 1 aliphatic rings. The van der Waals surface area contributed by atoms with Crippen LogP contribution < -0.4 is 0 Å². The molecule has 1 aliphatic carbocycles. The Morgan fingerprint density at radius 2 is 2.33 bits per heavy atom. The lowest BCUT2D eigenvalue weighted by molar-refractivity contribution is 0.334. The average Bonchev–Trinajstić information content (AvgIpc) is 1.90. The van der Waals surface area contributed by atoms with Crippen LogP contribution in [-0.2, 0) is 0 Å². The molecule has 0 fully saturated rings. The van der Waals surface area contributed by atoms with Gasteiger partial charge in [-0.15, -0.1) is 0 Å². The molecule has 48 valence electrons. The molecule has 1 nitrogen and oxygen atoms in total. The van der Waals surface area contributed by atoms with Crippen molar-refractivity contribution in [2.45, 2.75) is 6.42 Å². The van der Waals surface area contributed by atoms with Crippen LogP contribution in [0.3, 0.4) is 0 Å². The molecule has 0 aliphatic heterocycles. The fourth-order valence-corrected chi connectivity index (χ4v) is 0.740. The maximum absolute atomic E-state index is 8.63. The second-order valence-electron chi connectivity index (χ2n) is 2.13.